The SMILES string of the molecule is NP1(=O)N=C(CCCl)C=CO1. The maximum Gasteiger partial charge on any atom is 0.435 e. The van der Waals surface area contributed by atoms with Crippen LogP contribution in [0.4, 0.5) is 0 Å². The van der Waals surface area contributed by atoms with Gasteiger partial charge in [0.2, 0.25) is 0 Å². The minimum Gasteiger partial charge on any atom is -0.425 e. The van der Waals surface area contributed by atoms with Crippen LogP contribution >= 0.6 is 19.3 Å². The third kappa shape index (κ3) is 2.66. The summed E-state index contributed by atoms with van der Waals surface area (Å²) in [4.78, 5) is 0. The number of alkyl halides is 1. The molecule has 11 heavy (non-hydrogen) atoms. The van der Waals surface area contributed by atoms with E-state index in [4.69, 9.17) is 17.1 Å². The molecule has 1 unspecified atom stereocenters. The van der Waals surface area contributed by atoms with Crippen LogP contribution < -0.4 is 5.50 Å². The molecule has 0 aromatic rings. The first-order valence-electron chi connectivity index (χ1n) is 3.03. The normalized spacial score (nSPS) is 29.5. The van der Waals surface area contributed by atoms with Gasteiger partial charge in [-0.2, -0.15) is 4.76 Å². The van der Waals surface area contributed by atoms with Crippen LogP contribution in [-0.2, 0) is 9.09 Å². The molecule has 0 aliphatic carbocycles. The van der Waals surface area contributed by atoms with Crippen LogP contribution in [0.15, 0.2) is 17.1 Å². The van der Waals surface area contributed by atoms with E-state index in [2.05, 4.69) is 9.29 Å². The molecule has 0 saturated carbocycles. The average molecular weight is 195 g/mol. The van der Waals surface area contributed by atoms with E-state index in [-0.39, 0.29) is 0 Å². The number of nitrogens with two attached hydrogens (primary N) is 1. The van der Waals surface area contributed by atoms with Gasteiger partial charge in [0.15, 0.2) is 0 Å². The highest BCUT2D eigenvalue weighted by Crippen LogP contribution is 2.42. The van der Waals surface area contributed by atoms with Gasteiger partial charge in [-0.1, -0.05) is 0 Å². The van der Waals surface area contributed by atoms with Gasteiger partial charge >= 0.3 is 7.67 Å². The standard InChI is InChI=1S/C5H8ClN2O2P/c6-3-1-5-2-4-10-11(7,9)8-5/h2,4H,1,3H2,(H2,7,9). The highest BCUT2D eigenvalue weighted by atomic mass is 35.5. The van der Waals surface area contributed by atoms with Gasteiger partial charge in [-0.05, 0) is 6.08 Å². The maximum absolute atomic E-state index is 11.0. The molecule has 1 heterocycles. The van der Waals surface area contributed by atoms with Crippen LogP contribution in [0.25, 0.3) is 0 Å². The number of allylic oxidation sites excluding steroid dienone is 1. The Morgan fingerprint density at radius 2 is 2.55 bits per heavy atom. The number of hydrogen-bond acceptors (Lipinski definition) is 2. The van der Waals surface area contributed by atoms with Crippen molar-refractivity contribution in [1.82, 2.24) is 0 Å². The van der Waals surface area contributed by atoms with Crippen molar-refractivity contribution in [2.45, 2.75) is 6.42 Å². The van der Waals surface area contributed by atoms with Gasteiger partial charge in [0.1, 0.15) is 0 Å². The molecule has 1 aliphatic heterocycles. The summed E-state index contributed by atoms with van der Waals surface area (Å²) < 4.78 is 19.2. The maximum atomic E-state index is 11.0. The molecule has 1 atom stereocenters. The second-order valence-electron chi connectivity index (χ2n) is 2.00. The van der Waals surface area contributed by atoms with E-state index in [0.717, 1.165) is 0 Å². The molecule has 1 aliphatic rings. The summed E-state index contributed by atoms with van der Waals surface area (Å²) in [7, 11) is -3.23. The van der Waals surface area contributed by atoms with Gasteiger partial charge in [0, 0.05) is 12.3 Å². The lowest BCUT2D eigenvalue weighted by Crippen LogP contribution is -2.04. The Labute approximate surface area is 69.6 Å². The summed E-state index contributed by atoms with van der Waals surface area (Å²) in [5, 5.41) is 0. The molecule has 4 nitrogen and oxygen atoms in total. The summed E-state index contributed by atoms with van der Waals surface area (Å²) in [6.07, 6.45) is 3.45. The minimum atomic E-state index is -3.23. The smallest absolute Gasteiger partial charge is 0.425 e. The van der Waals surface area contributed by atoms with E-state index in [1.54, 1.807) is 6.08 Å². The molecule has 1 rings (SSSR count). The van der Waals surface area contributed by atoms with E-state index < -0.39 is 7.67 Å². The van der Waals surface area contributed by atoms with Crippen molar-refractivity contribution in [3.8, 4) is 0 Å². The summed E-state index contributed by atoms with van der Waals surface area (Å²) >= 11 is 5.44. The lowest BCUT2D eigenvalue weighted by molar-refractivity contribution is 0.440. The van der Waals surface area contributed by atoms with Crippen molar-refractivity contribution < 1.29 is 9.09 Å². The van der Waals surface area contributed by atoms with Crippen molar-refractivity contribution in [3.63, 3.8) is 0 Å². The molecule has 2 N–H and O–H groups in total. The first-order valence-corrected chi connectivity index (χ1v) is 5.21. The highest BCUT2D eigenvalue weighted by Gasteiger charge is 2.18. The Morgan fingerprint density at radius 1 is 1.82 bits per heavy atom. The zero-order chi connectivity index (χ0) is 8.32. The topological polar surface area (TPSA) is 64.7 Å². The van der Waals surface area contributed by atoms with Crippen molar-refractivity contribution in [2.24, 2.45) is 10.3 Å². The van der Waals surface area contributed by atoms with Gasteiger partial charge in [-0.3, -0.25) is 0 Å². The second kappa shape index (κ2) is 3.39. The first-order chi connectivity index (χ1) is 5.14. The first kappa shape index (κ1) is 8.78. The predicted octanol–water partition coefficient (Wildman–Crippen LogP) is 1.67. The molecule has 0 saturated heterocycles. The van der Waals surface area contributed by atoms with Crippen molar-refractivity contribution in [1.29, 1.82) is 0 Å². The Bertz CT molecular complexity index is 251. The molecule has 0 fully saturated rings. The number of hydrogen-bond donors (Lipinski definition) is 1. The summed E-state index contributed by atoms with van der Waals surface area (Å²) in [5.41, 5.74) is 5.77. The summed E-state index contributed by atoms with van der Waals surface area (Å²) in [6, 6.07) is 0. The fourth-order valence-corrected chi connectivity index (χ4v) is 1.66. The minimum absolute atomic E-state index is 0.434. The largest absolute Gasteiger partial charge is 0.435 e. The lowest BCUT2D eigenvalue weighted by Gasteiger charge is -2.11. The van der Waals surface area contributed by atoms with Gasteiger partial charge in [0.05, 0.1) is 12.0 Å². The Morgan fingerprint density at radius 3 is 3.09 bits per heavy atom. The Hall–Kier alpha value is -0.310. The van der Waals surface area contributed by atoms with Crippen LogP contribution in [0.1, 0.15) is 6.42 Å². The van der Waals surface area contributed by atoms with Gasteiger partial charge in [-0.25, -0.2) is 10.1 Å². The molecular formula is C5H8ClN2O2P. The van der Waals surface area contributed by atoms with Gasteiger partial charge in [0.25, 0.3) is 0 Å². The van der Waals surface area contributed by atoms with E-state index in [0.29, 0.717) is 18.0 Å². The lowest BCUT2D eigenvalue weighted by atomic mass is 10.3. The number of rotatable bonds is 2. The molecule has 0 bridgehead atoms. The quantitative estimate of drug-likeness (QED) is 0.537. The van der Waals surface area contributed by atoms with Crippen molar-refractivity contribution in [2.75, 3.05) is 5.88 Å². The van der Waals surface area contributed by atoms with Crippen LogP contribution in [0.5, 0.6) is 0 Å². The van der Waals surface area contributed by atoms with Crippen LogP contribution in [0.3, 0.4) is 0 Å². The zero-order valence-electron chi connectivity index (χ0n) is 5.74. The van der Waals surface area contributed by atoms with Crippen molar-refractivity contribution in [3.05, 3.63) is 12.3 Å². The molecule has 0 spiro atoms. The zero-order valence-corrected chi connectivity index (χ0v) is 7.39. The summed E-state index contributed by atoms with van der Waals surface area (Å²) in [5.74, 6) is 0.434. The molecule has 6 heteroatoms. The average Bonchev–Trinajstić information content (AvgIpc) is 1.85. The number of nitrogens with zero attached hydrogens (tertiary/aromatic N) is 1. The summed E-state index contributed by atoms with van der Waals surface area (Å²) in [6.45, 7) is 0. The van der Waals surface area contributed by atoms with Crippen molar-refractivity contribution >= 4 is 25.0 Å². The molecule has 0 aromatic heterocycles. The van der Waals surface area contributed by atoms with E-state index in [9.17, 15) is 4.57 Å². The van der Waals surface area contributed by atoms with E-state index in [1.807, 2.05) is 0 Å². The van der Waals surface area contributed by atoms with Crippen LogP contribution in [0, 0.1) is 0 Å². The monoisotopic (exact) mass is 194 g/mol. The molecule has 0 radical (unpaired) electrons. The fraction of sp³-hybridized carbons (Fsp3) is 0.400. The molecule has 0 amide bonds. The Kier molecular flexibility index (Phi) is 2.71. The highest BCUT2D eigenvalue weighted by molar-refractivity contribution is 7.55. The predicted molar refractivity (Wildman–Crippen MR) is 44.8 cm³/mol. The third-order valence-electron chi connectivity index (χ3n) is 1.09. The molecular weight excluding hydrogens is 186 g/mol. The number of halogens is 1. The van der Waals surface area contributed by atoms with Gasteiger partial charge < -0.3 is 4.52 Å². The fourth-order valence-electron chi connectivity index (χ4n) is 0.662. The van der Waals surface area contributed by atoms with Gasteiger partial charge in [-0.15, -0.1) is 11.6 Å². The molecule has 62 valence electrons. The van der Waals surface area contributed by atoms with Crippen LogP contribution in [-0.4, -0.2) is 11.6 Å². The van der Waals surface area contributed by atoms with E-state index >= 15 is 0 Å². The Balaban J connectivity index is 2.72. The third-order valence-corrected chi connectivity index (χ3v) is 2.24. The van der Waals surface area contributed by atoms with Crippen LogP contribution in [0.2, 0.25) is 0 Å². The molecule has 0 aromatic carbocycles. The van der Waals surface area contributed by atoms with E-state index in [1.165, 1.54) is 6.26 Å². The second-order valence-corrected chi connectivity index (χ2v) is 3.92.